The van der Waals surface area contributed by atoms with E-state index in [0.29, 0.717) is 23.7 Å². The molecule has 162 valence electrons. The van der Waals surface area contributed by atoms with Gasteiger partial charge in [0.2, 0.25) is 15.9 Å². The monoisotopic (exact) mass is 478 g/mol. The minimum Gasteiger partial charge on any atom is -0.309 e. The van der Waals surface area contributed by atoms with Crippen molar-refractivity contribution in [1.82, 2.24) is 14.1 Å². The first-order valence-electron chi connectivity index (χ1n) is 9.72. The van der Waals surface area contributed by atoms with E-state index in [1.54, 1.807) is 23.0 Å². The molecule has 1 N–H and O–H groups in total. The maximum atomic E-state index is 12.9. The highest BCUT2D eigenvalue weighted by Crippen LogP contribution is 2.30. The van der Waals surface area contributed by atoms with Crippen LogP contribution in [0.5, 0.6) is 0 Å². The molecule has 1 saturated heterocycles. The van der Waals surface area contributed by atoms with Gasteiger partial charge in [-0.05, 0) is 43.2 Å². The Morgan fingerprint density at radius 1 is 1.03 bits per heavy atom. The number of nitrogens with one attached hydrogen (secondary N) is 1. The number of sulfonamides is 1. The summed E-state index contributed by atoms with van der Waals surface area (Å²) in [4.78, 5) is 12.7. The number of hydrogen-bond donors (Lipinski definition) is 1. The van der Waals surface area contributed by atoms with Gasteiger partial charge in [-0.15, -0.1) is 0 Å². The van der Waals surface area contributed by atoms with E-state index in [9.17, 15) is 13.2 Å². The van der Waals surface area contributed by atoms with Crippen molar-refractivity contribution in [2.75, 3.05) is 18.4 Å². The van der Waals surface area contributed by atoms with Crippen LogP contribution < -0.4 is 5.32 Å². The summed E-state index contributed by atoms with van der Waals surface area (Å²) in [6.07, 6.45) is 2.58. The molecule has 0 aliphatic carbocycles. The summed E-state index contributed by atoms with van der Waals surface area (Å²) in [5, 5.41) is 7.63. The minimum absolute atomic E-state index is 0.0176. The van der Waals surface area contributed by atoms with Crippen LogP contribution >= 0.6 is 23.2 Å². The van der Waals surface area contributed by atoms with Crippen molar-refractivity contribution in [3.8, 4) is 5.69 Å². The van der Waals surface area contributed by atoms with E-state index in [1.807, 2.05) is 30.3 Å². The van der Waals surface area contributed by atoms with Gasteiger partial charge < -0.3 is 5.32 Å². The molecular weight excluding hydrogens is 459 g/mol. The van der Waals surface area contributed by atoms with Crippen LogP contribution in [-0.2, 0) is 14.8 Å². The Labute approximate surface area is 190 Å². The molecule has 1 fully saturated rings. The molecule has 1 aliphatic heterocycles. The first kappa shape index (κ1) is 21.8. The molecule has 4 rings (SSSR count). The Morgan fingerprint density at radius 3 is 2.45 bits per heavy atom. The molecule has 7 nitrogen and oxygen atoms in total. The molecule has 0 spiro atoms. The number of rotatable bonds is 5. The zero-order chi connectivity index (χ0) is 22.0. The Morgan fingerprint density at radius 2 is 1.74 bits per heavy atom. The molecule has 0 unspecified atom stereocenters. The van der Waals surface area contributed by atoms with Crippen molar-refractivity contribution in [3.63, 3.8) is 0 Å². The number of nitrogens with zero attached hydrogens (tertiary/aromatic N) is 3. The fourth-order valence-corrected chi connectivity index (χ4v) is 5.72. The number of amides is 1. The lowest BCUT2D eigenvalue weighted by Crippen LogP contribution is -2.41. The number of anilines is 1. The zero-order valence-electron chi connectivity index (χ0n) is 16.4. The number of hydrogen-bond acceptors (Lipinski definition) is 4. The van der Waals surface area contributed by atoms with Crippen molar-refractivity contribution in [2.45, 2.75) is 17.7 Å². The van der Waals surface area contributed by atoms with Crippen LogP contribution in [0.25, 0.3) is 5.69 Å². The molecule has 0 bridgehead atoms. The number of para-hydroxylation sites is 1. The zero-order valence-corrected chi connectivity index (χ0v) is 18.7. The lowest BCUT2D eigenvalue weighted by molar-refractivity contribution is -0.120. The molecule has 2 heterocycles. The van der Waals surface area contributed by atoms with Crippen LogP contribution in [0.3, 0.4) is 0 Å². The van der Waals surface area contributed by atoms with Gasteiger partial charge in [-0.1, -0.05) is 41.4 Å². The van der Waals surface area contributed by atoms with Gasteiger partial charge in [0.05, 0.1) is 10.7 Å². The highest BCUT2D eigenvalue weighted by molar-refractivity contribution is 7.89. The Kier molecular flexibility index (Phi) is 6.34. The average molecular weight is 479 g/mol. The summed E-state index contributed by atoms with van der Waals surface area (Å²) in [5.41, 5.74) is 0.890. The molecule has 31 heavy (non-hydrogen) atoms. The fraction of sp³-hybridized carbons (Fsp3) is 0.238. The normalized spacial score (nSPS) is 15.7. The van der Waals surface area contributed by atoms with Gasteiger partial charge >= 0.3 is 0 Å². The van der Waals surface area contributed by atoms with Crippen LogP contribution in [0.15, 0.2) is 65.7 Å². The molecule has 3 aromatic rings. The third kappa shape index (κ3) is 4.77. The summed E-state index contributed by atoms with van der Waals surface area (Å²) in [6.45, 7) is 0.448. The van der Waals surface area contributed by atoms with Crippen molar-refractivity contribution >= 4 is 45.0 Å². The smallest absolute Gasteiger partial charge is 0.244 e. The molecule has 1 amide bonds. The van der Waals surface area contributed by atoms with E-state index in [1.165, 1.54) is 16.4 Å². The number of halogens is 2. The number of carbonyl (C=O) groups is 1. The van der Waals surface area contributed by atoms with Crippen LogP contribution in [0.2, 0.25) is 10.0 Å². The highest BCUT2D eigenvalue weighted by Gasteiger charge is 2.33. The van der Waals surface area contributed by atoms with Crippen molar-refractivity contribution in [2.24, 2.45) is 5.92 Å². The molecule has 1 aromatic heterocycles. The summed E-state index contributed by atoms with van der Waals surface area (Å²) in [6, 6.07) is 15.7. The van der Waals surface area contributed by atoms with Crippen molar-refractivity contribution < 1.29 is 13.2 Å². The first-order chi connectivity index (χ1) is 14.8. The quantitative estimate of drug-likeness (QED) is 0.594. The number of carbonyl (C=O) groups excluding carboxylic acids is 1. The van der Waals surface area contributed by atoms with Crippen molar-refractivity contribution in [3.05, 3.63) is 70.8 Å². The second-order valence-corrected chi connectivity index (χ2v) is 9.97. The lowest BCUT2D eigenvalue weighted by atomic mass is 9.97. The number of benzene rings is 2. The summed E-state index contributed by atoms with van der Waals surface area (Å²) in [7, 11) is -3.78. The standard InChI is InChI=1S/C21H20Cl2N4O3S/c22-16-6-7-18(23)19(14-16)31(29,30)26-11-8-15(9-12-26)21(28)24-20-10-13-27(25-20)17-4-2-1-3-5-17/h1-7,10,13-15H,8-9,11-12H2,(H,24,25,28). The van der Waals surface area contributed by atoms with Gasteiger partial charge in [-0.3, -0.25) is 4.79 Å². The minimum atomic E-state index is -3.78. The van der Waals surface area contributed by atoms with E-state index in [4.69, 9.17) is 23.2 Å². The summed E-state index contributed by atoms with van der Waals surface area (Å²) in [5.74, 6) is -0.0195. The van der Waals surface area contributed by atoms with Gasteiger partial charge in [0.1, 0.15) is 4.90 Å². The Hall–Kier alpha value is -2.39. The van der Waals surface area contributed by atoms with E-state index in [2.05, 4.69) is 10.4 Å². The van der Waals surface area contributed by atoms with Gasteiger partial charge in [0, 0.05) is 36.3 Å². The molecule has 0 radical (unpaired) electrons. The SMILES string of the molecule is O=C(Nc1ccn(-c2ccccc2)n1)C1CCN(S(=O)(=O)c2cc(Cl)ccc2Cl)CC1. The van der Waals surface area contributed by atoms with Crippen molar-refractivity contribution in [1.29, 1.82) is 0 Å². The largest absolute Gasteiger partial charge is 0.309 e. The first-order valence-corrected chi connectivity index (χ1v) is 11.9. The molecule has 0 saturated carbocycles. The third-order valence-corrected chi connectivity index (χ3v) is 7.81. The van der Waals surface area contributed by atoms with E-state index in [0.717, 1.165) is 5.69 Å². The molecule has 1 aliphatic rings. The van der Waals surface area contributed by atoms with Gasteiger partial charge in [-0.2, -0.15) is 9.40 Å². The Bertz CT molecular complexity index is 1190. The van der Waals surface area contributed by atoms with Crippen LogP contribution in [0.1, 0.15) is 12.8 Å². The lowest BCUT2D eigenvalue weighted by Gasteiger charge is -2.30. The highest BCUT2D eigenvalue weighted by atomic mass is 35.5. The molecule has 2 aromatic carbocycles. The van der Waals surface area contributed by atoms with Gasteiger partial charge in [0.25, 0.3) is 0 Å². The predicted molar refractivity (Wildman–Crippen MR) is 120 cm³/mol. The van der Waals surface area contributed by atoms with Crippen LogP contribution in [-0.4, -0.2) is 41.5 Å². The van der Waals surface area contributed by atoms with E-state index < -0.39 is 10.0 Å². The third-order valence-electron chi connectivity index (χ3n) is 5.20. The second-order valence-electron chi connectivity index (χ2n) is 7.22. The maximum absolute atomic E-state index is 12.9. The summed E-state index contributed by atoms with van der Waals surface area (Å²) < 4.78 is 28.9. The van der Waals surface area contributed by atoms with E-state index >= 15 is 0 Å². The average Bonchev–Trinajstić information content (AvgIpc) is 3.24. The topological polar surface area (TPSA) is 84.3 Å². The Balaban J connectivity index is 1.38. The maximum Gasteiger partial charge on any atom is 0.244 e. The second kappa shape index (κ2) is 9.00. The fourth-order valence-electron chi connectivity index (χ4n) is 3.52. The predicted octanol–water partition coefficient (Wildman–Crippen LogP) is 4.22. The molecular formula is C21H20Cl2N4O3S. The number of piperidine rings is 1. The van der Waals surface area contributed by atoms with Crippen LogP contribution in [0.4, 0.5) is 5.82 Å². The van der Waals surface area contributed by atoms with Gasteiger partial charge in [0.15, 0.2) is 5.82 Å². The van der Waals surface area contributed by atoms with Gasteiger partial charge in [-0.25, -0.2) is 13.1 Å². The number of aromatic nitrogens is 2. The van der Waals surface area contributed by atoms with Crippen LogP contribution in [0, 0.1) is 5.92 Å². The molecule has 0 atom stereocenters. The summed E-state index contributed by atoms with van der Waals surface area (Å²) >= 11 is 12.0. The molecule has 10 heteroatoms. The van der Waals surface area contributed by atoms with E-state index in [-0.39, 0.29) is 34.8 Å².